The molecule has 0 saturated carbocycles. The van der Waals surface area contributed by atoms with Gasteiger partial charge in [0, 0.05) is 12.7 Å². The van der Waals surface area contributed by atoms with E-state index >= 15 is 0 Å². The molecule has 1 N–H and O–H groups in total. The minimum absolute atomic E-state index is 0.0417. The number of carbonyl (C=O) groups is 1. The number of hydroxylamine groups is 1. The molecule has 0 aliphatic heterocycles. The summed E-state index contributed by atoms with van der Waals surface area (Å²) in [5, 5.41) is 0. The number of nitrogens with one attached hydrogen (secondary N) is 1. The van der Waals surface area contributed by atoms with Crippen molar-refractivity contribution in [2.24, 2.45) is 0 Å². The Morgan fingerprint density at radius 1 is 1.19 bits per heavy atom. The summed E-state index contributed by atoms with van der Waals surface area (Å²) in [5.41, 5.74) is 4.14. The van der Waals surface area contributed by atoms with Crippen LogP contribution in [0.2, 0.25) is 0 Å². The Bertz CT molecular complexity index is 391. The second-order valence-electron chi connectivity index (χ2n) is 4.94. The van der Waals surface area contributed by atoms with E-state index in [9.17, 15) is 4.79 Å². The van der Waals surface area contributed by atoms with Gasteiger partial charge in [0.1, 0.15) is 0 Å². The first-order chi connectivity index (χ1) is 9.80. The van der Waals surface area contributed by atoms with E-state index in [0.717, 1.165) is 5.56 Å². The highest BCUT2D eigenvalue weighted by atomic mass is 16.7. The van der Waals surface area contributed by atoms with Crippen molar-refractivity contribution in [1.82, 2.24) is 5.48 Å². The molecule has 1 aromatic carbocycles. The van der Waals surface area contributed by atoms with Gasteiger partial charge in [-0.1, -0.05) is 50.3 Å². The summed E-state index contributed by atoms with van der Waals surface area (Å²) in [7, 11) is 1.71. The molecule has 0 saturated heterocycles. The van der Waals surface area contributed by atoms with E-state index in [4.69, 9.17) is 9.57 Å². The summed E-state index contributed by atoms with van der Waals surface area (Å²) in [4.78, 5) is 14.7. The predicted octanol–water partition coefficient (Wildman–Crippen LogP) is 4.10. The Hall–Kier alpha value is -1.81. The maximum absolute atomic E-state index is 9.92. The first-order valence-electron chi connectivity index (χ1n) is 6.97. The van der Waals surface area contributed by atoms with Gasteiger partial charge < -0.3 is 9.57 Å². The zero-order valence-corrected chi connectivity index (χ0v) is 14.3. The van der Waals surface area contributed by atoms with Gasteiger partial charge in [-0.2, -0.15) is 5.48 Å². The first-order valence-corrected chi connectivity index (χ1v) is 6.97. The van der Waals surface area contributed by atoms with Gasteiger partial charge in [0.15, 0.2) is 5.76 Å². The van der Waals surface area contributed by atoms with Crippen LogP contribution < -0.4 is 5.48 Å². The second-order valence-corrected chi connectivity index (χ2v) is 4.94. The monoisotopic (exact) mass is 295 g/mol. The van der Waals surface area contributed by atoms with Crippen molar-refractivity contribution in [1.29, 1.82) is 0 Å². The molecule has 4 heteroatoms. The number of hydrogen-bond acceptors (Lipinski definition) is 3. The molecule has 0 atom stereocenters. The van der Waals surface area contributed by atoms with Crippen molar-refractivity contribution in [3.8, 4) is 0 Å². The molecule has 1 amide bonds. The molecule has 0 aliphatic rings. The number of amides is 1. The van der Waals surface area contributed by atoms with Crippen LogP contribution >= 0.6 is 0 Å². The van der Waals surface area contributed by atoms with E-state index in [2.05, 4.69) is 12.1 Å². The lowest BCUT2D eigenvalue weighted by molar-refractivity contribution is -0.116. The van der Waals surface area contributed by atoms with Gasteiger partial charge in [-0.25, -0.2) is 0 Å². The molecule has 0 unspecified atom stereocenters. The molecule has 21 heavy (non-hydrogen) atoms. The summed E-state index contributed by atoms with van der Waals surface area (Å²) < 4.78 is 4.94. The summed E-state index contributed by atoms with van der Waals surface area (Å²) in [6.45, 7) is 15.7. The van der Waals surface area contributed by atoms with E-state index in [0.29, 0.717) is 12.2 Å². The Labute approximate surface area is 129 Å². The highest BCUT2D eigenvalue weighted by Gasteiger charge is 2.04. The zero-order valence-electron chi connectivity index (χ0n) is 14.3. The fraction of sp³-hybridized carbons (Fsp3) is 0.471. The van der Waals surface area contributed by atoms with Crippen LogP contribution in [0.1, 0.15) is 45.7 Å². The maximum Gasteiger partial charge on any atom is 0.239 e. The van der Waals surface area contributed by atoms with Crippen LogP contribution in [0.3, 0.4) is 0 Å². The zero-order chi connectivity index (χ0) is 16.9. The lowest BCUT2D eigenvalue weighted by Crippen LogP contribution is -2.15. The summed E-state index contributed by atoms with van der Waals surface area (Å²) in [6, 6.07) is 7.66. The van der Waals surface area contributed by atoms with Crippen molar-refractivity contribution < 1.29 is 14.4 Å². The highest BCUT2D eigenvalue weighted by Crippen LogP contribution is 2.12. The molecule has 0 aromatic heterocycles. The predicted molar refractivity (Wildman–Crippen MR) is 88.6 cm³/mol. The minimum atomic E-state index is 0.0417. The van der Waals surface area contributed by atoms with Gasteiger partial charge in [0.25, 0.3) is 0 Å². The van der Waals surface area contributed by atoms with Gasteiger partial charge in [-0.3, -0.25) is 4.79 Å². The fourth-order valence-corrected chi connectivity index (χ4v) is 0.894. The maximum atomic E-state index is 9.92. The molecule has 0 bridgehead atoms. The Morgan fingerprint density at radius 2 is 1.62 bits per heavy atom. The van der Waals surface area contributed by atoms with Gasteiger partial charge in [0.2, 0.25) is 6.41 Å². The third kappa shape index (κ3) is 12.9. The van der Waals surface area contributed by atoms with Gasteiger partial charge >= 0.3 is 0 Å². The van der Waals surface area contributed by atoms with Crippen molar-refractivity contribution in [3.05, 3.63) is 42.0 Å². The average molecular weight is 295 g/mol. The summed E-state index contributed by atoms with van der Waals surface area (Å²) >= 11 is 0. The molecular weight excluding hydrogens is 266 g/mol. The second kappa shape index (κ2) is 12.0. The first kappa shape index (κ1) is 21.5. The summed E-state index contributed by atoms with van der Waals surface area (Å²) in [6.07, 6.45) is 0.458. The van der Waals surface area contributed by atoms with Gasteiger partial charge in [0.05, 0.1) is 5.60 Å². The third-order valence-corrected chi connectivity index (χ3v) is 2.22. The number of ether oxygens (including phenoxy) is 1. The van der Waals surface area contributed by atoms with Crippen LogP contribution in [-0.2, 0) is 14.4 Å². The van der Waals surface area contributed by atoms with Crippen LogP contribution in [0.4, 0.5) is 0 Å². The molecule has 1 rings (SSSR count). The number of rotatable bonds is 4. The van der Waals surface area contributed by atoms with Crippen LogP contribution in [-0.4, -0.2) is 19.1 Å². The molecule has 0 radical (unpaired) electrons. The lowest BCUT2D eigenvalue weighted by Gasteiger charge is -2.14. The van der Waals surface area contributed by atoms with Gasteiger partial charge in [-0.15, -0.1) is 0 Å². The number of aryl methyl sites for hydroxylation is 1. The molecule has 1 aromatic rings. The van der Waals surface area contributed by atoms with E-state index in [-0.39, 0.29) is 5.60 Å². The molecule has 120 valence electrons. The minimum Gasteiger partial charge on any atom is -0.380 e. The van der Waals surface area contributed by atoms with E-state index < -0.39 is 0 Å². The SMILES string of the molecule is C=C(ONC=O)c1ccc(C)cc1.CC.COC(C)(C)C. The summed E-state index contributed by atoms with van der Waals surface area (Å²) in [5.74, 6) is 0.423. The Kier molecular flexibility index (Phi) is 12.2. The van der Waals surface area contributed by atoms with Crippen LogP contribution in [0.5, 0.6) is 0 Å². The van der Waals surface area contributed by atoms with Crippen molar-refractivity contribution in [3.63, 3.8) is 0 Å². The molecule has 0 fully saturated rings. The van der Waals surface area contributed by atoms with Crippen LogP contribution in [0, 0.1) is 6.92 Å². The fourth-order valence-electron chi connectivity index (χ4n) is 0.894. The lowest BCUT2D eigenvalue weighted by atomic mass is 10.1. The average Bonchev–Trinajstić information content (AvgIpc) is 2.47. The van der Waals surface area contributed by atoms with Crippen molar-refractivity contribution in [2.75, 3.05) is 7.11 Å². The third-order valence-electron chi connectivity index (χ3n) is 2.22. The standard InChI is InChI=1S/C10H11NO2.C5H12O.C2H6/c1-8-3-5-10(6-4-8)9(2)13-11-7-12;1-5(2,3)6-4;1-2/h3-7H,2H2,1H3,(H,11,12);1-4H3;1-2H3. The van der Waals surface area contributed by atoms with E-state index in [1.807, 2.05) is 65.8 Å². The highest BCUT2D eigenvalue weighted by molar-refractivity contribution is 5.58. The molecule has 0 aliphatic carbocycles. The molecular formula is C17H29NO3. The largest absolute Gasteiger partial charge is 0.380 e. The van der Waals surface area contributed by atoms with E-state index in [1.54, 1.807) is 7.11 Å². The molecule has 4 nitrogen and oxygen atoms in total. The normalized spacial score (nSPS) is 9.29. The van der Waals surface area contributed by atoms with Gasteiger partial charge in [-0.05, 0) is 27.7 Å². The number of carbonyl (C=O) groups excluding carboxylic acids is 1. The Morgan fingerprint density at radius 3 is 1.95 bits per heavy atom. The quantitative estimate of drug-likeness (QED) is 0.517. The molecule has 0 heterocycles. The van der Waals surface area contributed by atoms with E-state index in [1.165, 1.54) is 5.56 Å². The van der Waals surface area contributed by atoms with Crippen molar-refractivity contribution >= 4 is 12.2 Å². The topological polar surface area (TPSA) is 47.6 Å². The van der Waals surface area contributed by atoms with Crippen LogP contribution in [0.15, 0.2) is 30.8 Å². The number of hydrogen-bond donors (Lipinski definition) is 1. The number of methoxy groups -OCH3 is 1. The molecule has 0 spiro atoms. The Balaban J connectivity index is 0. The van der Waals surface area contributed by atoms with Crippen LogP contribution in [0.25, 0.3) is 5.76 Å². The number of benzene rings is 1. The van der Waals surface area contributed by atoms with Crippen molar-refractivity contribution in [2.45, 2.75) is 47.1 Å². The smallest absolute Gasteiger partial charge is 0.239 e.